The smallest absolute Gasteiger partial charge is 0.309 e. The lowest BCUT2D eigenvalue weighted by Crippen LogP contribution is -2.04. The molecule has 0 spiro atoms. The van der Waals surface area contributed by atoms with E-state index in [-0.39, 0.29) is 12.3 Å². The number of allylic oxidation sites excluding steroid dienone is 1. The molecule has 0 bridgehead atoms. The second kappa shape index (κ2) is 11.6. The van der Waals surface area contributed by atoms with Gasteiger partial charge in [0.25, 0.3) is 0 Å². The maximum atomic E-state index is 12.3. The van der Waals surface area contributed by atoms with Crippen LogP contribution in [0.2, 0.25) is 0 Å². The number of hydrogen-bond acceptors (Lipinski definition) is 6. The molecule has 0 radical (unpaired) electrons. The third-order valence-corrected chi connectivity index (χ3v) is 6.93. The summed E-state index contributed by atoms with van der Waals surface area (Å²) in [6, 6.07) is 0. The van der Waals surface area contributed by atoms with Crippen molar-refractivity contribution in [2.24, 2.45) is 0 Å². The fourth-order valence-corrected chi connectivity index (χ4v) is 5.25. The average Bonchev–Trinajstić information content (AvgIpc) is 2.44. The minimum atomic E-state index is -3.06. The van der Waals surface area contributed by atoms with Crippen LogP contribution < -0.4 is 0 Å². The van der Waals surface area contributed by atoms with E-state index in [0.29, 0.717) is 39.3 Å². The van der Waals surface area contributed by atoms with Crippen molar-refractivity contribution in [3.05, 3.63) is 12.2 Å². The Hall–Kier alpha value is 0.0400. The maximum absolute atomic E-state index is 12.3. The van der Waals surface area contributed by atoms with Crippen LogP contribution in [0.15, 0.2) is 12.2 Å². The molecule has 0 rings (SSSR count). The van der Waals surface area contributed by atoms with Gasteiger partial charge in [0.15, 0.2) is 0 Å². The van der Waals surface area contributed by atoms with Crippen LogP contribution in [0.25, 0.3) is 0 Å². The molecule has 0 aromatic carbocycles. The Balaban J connectivity index is 4.38. The summed E-state index contributed by atoms with van der Waals surface area (Å²) in [5.74, 6) is 0. The van der Waals surface area contributed by atoms with Crippen LogP contribution in [0.4, 0.5) is 0 Å². The Bertz CT molecular complexity index is 354. The molecule has 0 aromatic heterocycles. The first-order valence-electron chi connectivity index (χ1n) is 7.77. The third-order valence-electron chi connectivity index (χ3n) is 2.78. The van der Waals surface area contributed by atoms with Gasteiger partial charge in [-0.2, -0.15) is 0 Å². The average molecular weight is 356 g/mol. The van der Waals surface area contributed by atoms with Crippen molar-refractivity contribution in [3.8, 4) is 0 Å². The van der Waals surface area contributed by atoms with Crippen molar-refractivity contribution in [1.29, 1.82) is 0 Å². The van der Waals surface area contributed by atoms with Crippen molar-refractivity contribution in [3.63, 3.8) is 0 Å². The summed E-state index contributed by atoms with van der Waals surface area (Å²) in [6.07, 6.45) is 1.55. The molecule has 0 unspecified atom stereocenters. The highest BCUT2D eigenvalue weighted by Crippen LogP contribution is 2.51. The van der Waals surface area contributed by atoms with Gasteiger partial charge in [-0.05, 0) is 40.5 Å². The topological polar surface area (TPSA) is 71.1 Å². The normalized spacial score (nSPS) is 12.5. The Morgan fingerprint density at radius 2 is 1.00 bits per heavy atom. The molecule has 8 heteroatoms. The lowest BCUT2D eigenvalue weighted by Gasteiger charge is -2.19. The summed E-state index contributed by atoms with van der Waals surface area (Å²) < 4.78 is 45.6. The van der Waals surface area contributed by atoms with Crippen molar-refractivity contribution in [2.75, 3.05) is 38.8 Å². The largest absolute Gasteiger partial charge is 0.330 e. The number of hydrogen-bond donors (Lipinski definition) is 0. The summed E-state index contributed by atoms with van der Waals surface area (Å²) in [5.41, 5.74) is 0.833. The third kappa shape index (κ3) is 9.24. The molecule has 0 amide bonds. The van der Waals surface area contributed by atoms with Crippen LogP contribution in [0.3, 0.4) is 0 Å². The Morgan fingerprint density at radius 3 is 1.23 bits per heavy atom. The lowest BCUT2D eigenvalue weighted by atomic mass is 10.2. The van der Waals surface area contributed by atoms with E-state index in [0.717, 1.165) is 5.57 Å². The van der Waals surface area contributed by atoms with Crippen molar-refractivity contribution < 1.29 is 27.2 Å². The van der Waals surface area contributed by atoms with Gasteiger partial charge in [-0.1, -0.05) is 12.2 Å². The molecular formula is C14H30O6P2. The first-order chi connectivity index (χ1) is 10.3. The van der Waals surface area contributed by atoms with Crippen LogP contribution in [-0.4, -0.2) is 38.8 Å². The van der Waals surface area contributed by atoms with Gasteiger partial charge in [-0.3, -0.25) is 9.13 Å². The Kier molecular flexibility index (Phi) is 11.6. The summed E-state index contributed by atoms with van der Waals surface area (Å²) in [4.78, 5) is 0. The highest BCUT2D eigenvalue weighted by molar-refractivity contribution is 7.54. The number of rotatable bonds is 14. The Labute approximate surface area is 134 Å². The minimum Gasteiger partial charge on any atom is -0.309 e. The molecule has 0 N–H and O–H groups in total. The van der Waals surface area contributed by atoms with Crippen molar-refractivity contribution in [2.45, 2.75) is 40.5 Å². The van der Waals surface area contributed by atoms with Crippen LogP contribution in [-0.2, 0) is 27.2 Å². The fourth-order valence-electron chi connectivity index (χ4n) is 1.83. The molecule has 0 fully saturated rings. The summed E-state index contributed by atoms with van der Waals surface area (Å²) in [7, 11) is -6.11. The van der Waals surface area contributed by atoms with Crippen molar-refractivity contribution >= 4 is 15.2 Å². The van der Waals surface area contributed by atoms with Gasteiger partial charge in [0, 0.05) is 0 Å². The zero-order chi connectivity index (χ0) is 17.1. The molecule has 132 valence electrons. The summed E-state index contributed by atoms with van der Waals surface area (Å²) in [5, 5.41) is 0. The van der Waals surface area contributed by atoms with E-state index in [9.17, 15) is 9.13 Å². The van der Waals surface area contributed by atoms with E-state index in [2.05, 4.69) is 6.58 Å². The van der Waals surface area contributed by atoms with Gasteiger partial charge >= 0.3 is 15.2 Å². The van der Waals surface area contributed by atoms with E-state index in [4.69, 9.17) is 18.1 Å². The maximum Gasteiger partial charge on any atom is 0.330 e. The molecule has 0 saturated carbocycles. The highest BCUT2D eigenvalue weighted by Gasteiger charge is 2.25. The van der Waals surface area contributed by atoms with Crippen LogP contribution in [0.5, 0.6) is 0 Å². The monoisotopic (exact) mass is 356 g/mol. The van der Waals surface area contributed by atoms with E-state index in [1.54, 1.807) is 27.7 Å². The van der Waals surface area contributed by atoms with Gasteiger partial charge in [0.2, 0.25) is 0 Å². The lowest BCUT2D eigenvalue weighted by molar-refractivity contribution is 0.220. The van der Waals surface area contributed by atoms with E-state index >= 15 is 0 Å². The van der Waals surface area contributed by atoms with E-state index in [1.165, 1.54) is 0 Å². The van der Waals surface area contributed by atoms with Gasteiger partial charge in [-0.25, -0.2) is 0 Å². The molecular weight excluding hydrogens is 326 g/mol. The molecule has 0 heterocycles. The minimum absolute atomic E-state index is 0.279. The quantitative estimate of drug-likeness (QED) is 0.327. The zero-order valence-corrected chi connectivity index (χ0v) is 16.0. The van der Waals surface area contributed by atoms with Crippen LogP contribution >= 0.6 is 15.2 Å². The second-order valence-electron chi connectivity index (χ2n) is 4.59. The first kappa shape index (κ1) is 22.0. The molecule has 0 aliphatic carbocycles. The highest BCUT2D eigenvalue weighted by atomic mass is 31.2. The van der Waals surface area contributed by atoms with E-state index < -0.39 is 15.2 Å². The molecule has 0 aliphatic heterocycles. The summed E-state index contributed by atoms with van der Waals surface area (Å²) >= 11 is 0. The SMILES string of the molecule is C=C(CCP(=O)(OCC)OCC)CCP(=O)(OCC)OCC. The Morgan fingerprint density at radius 1 is 0.727 bits per heavy atom. The van der Waals surface area contributed by atoms with Crippen LogP contribution in [0, 0.1) is 0 Å². The van der Waals surface area contributed by atoms with E-state index in [1.807, 2.05) is 0 Å². The van der Waals surface area contributed by atoms with Gasteiger partial charge < -0.3 is 18.1 Å². The molecule has 0 atom stereocenters. The van der Waals surface area contributed by atoms with Crippen molar-refractivity contribution in [1.82, 2.24) is 0 Å². The molecule has 22 heavy (non-hydrogen) atoms. The zero-order valence-electron chi connectivity index (χ0n) is 14.2. The molecule has 0 aromatic rings. The standard InChI is InChI=1S/C14H30O6P2/c1-6-17-21(15,18-7-2)12-10-14(5)11-13-22(16,19-8-3)20-9-4/h5-13H2,1-4H3. The van der Waals surface area contributed by atoms with Gasteiger partial charge in [0.05, 0.1) is 38.8 Å². The predicted molar refractivity (Wildman–Crippen MR) is 89.8 cm³/mol. The second-order valence-corrected chi connectivity index (χ2v) is 8.96. The molecule has 0 aliphatic rings. The summed E-state index contributed by atoms with van der Waals surface area (Å²) in [6.45, 7) is 12.4. The first-order valence-corrected chi connectivity index (χ1v) is 11.2. The molecule has 0 saturated heterocycles. The fraction of sp³-hybridized carbons (Fsp3) is 0.857. The van der Waals surface area contributed by atoms with Gasteiger partial charge in [0.1, 0.15) is 0 Å². The molecule has 6 nitrogen and oxygen atoms in total. The predicted octanol–water partition coefficient (Wildman–Crippen LogP) is 4.86. The van der Waals surface area contributed by atoms with Gasteiger partial charge in [-0.15, -0.1) is 0 Å². The van der Waals surface area contributed by atoms with Crippen LogP contribution in [0.1, 0.15) is 40.5 Å².